The predicted molar refractivity (Wildman–Crippen MR) is 68.5 cm³/mol. The van der Waals surface area contributed by atoms with E-state index in [-0.39, 0.29) is 5.78 Å². The maximum absolute atomic E-state index is 11.4. The zero-order valence-electron chi connectivity index (χ0n) is 9.15. The van der Waals surface area contributed by atoms with E-state index in [4.69, 9.17) is 12.2 Å². The summed E-state index contributed by atoms with van der Waals surface area (Å²) in [5.41, 5.74) is 3.72. The van der Waals surface area contributed by atoms with Gasteiger partial charge in [-0.3, -0.25) is 10.2 Å². The molecule has 4 nitrogen and oxygen atoms in total. The van der Waals surface area contributed by atoms with E-state index in [1.807, 2.05) is 30.3 Å². The van der Waals surface area contributed by atoms with E-state index in [1.165, 1.54) is 6.92 Å². The molecule has 5 heteroatoms. The normalized spacial score (nSPS) is 10.8. The molecule has 0 saturated carbocycles. The molecule has 0 amide bonds. The minimum absolute atomic E-state index is 0.113. The van der Waals surface area contributed by atoms with Crippen LogP contribution in [-0.2, 0) is 4.79 Å². The van der Waals surface area contributed by atoms with E-state index in [0.29, 0.717) is 10.8 Å². The molecule has 1 rings (SSSR count). The summed E-state index contributed by atoms with van der Waals surface area (Å²) in [5.74, 6) is -0.113. The number of nitrogens with one attached hydrogen (secondary N) is 2. The second-order valence-electron chi connectivity index (χ2n) is 3.07. The maximum atomic E-state index is 11.4. The van der Waals surface area contributed by atoms with Crippen LogP contribution >= 0.6 is 12.2 Å². The monoisotopic (exact) mass is 235 g/mol. The van der Waals surface area contributed by atoms with Crippen LogP contribution < -0.4 is 10.7 Å². The van der Waals surface area contributed by atoms with E-state index in [2.05, 4.69) is 15.8 Å². The smallest absolute Gasteiger partial charge is 0.186 e. The molecular formula is C11H13N3OS. The third-order valence-electron chi connectivity index (χ3n) is 1.88. The molecule has 0 unspecified atom stereocenters. The lowest BCUT2D eigenvalue weighted by atomic mass is 10.1. The topological polar surface area (TPSA) is 53.5 Å². The van der Waals surface area contributed by atoms with Gasteiger partial charge in [-0.1, -0.05) is 30.3 Å². The molecule has 84 valence electrons. The van der Waals surface area contributed by atoms with Crippen LogP contribution in [-0.4, -0.2) is 23.7 Å². The summed E-state index contributed by atoms with van der Waals surface area (Å²) in [5, 5.41) is 7.06. The van der Waals surface area contributed by atoms with Gasteiger partial charge in [-0.05, 0) is 12.2 Å². The first-order valence-corrected chi connectivity index (χ1v) is 5.17. The molecule has 0 aliphatic carbocycles. The predicted octanol–water partition coefficient (Wildman–Crippen LogP) is 1.07. The zero-order chi connectivity index (χ0) is 12.0. The van der Waals surface area contributed by atoms with Crippen molar-refractivity contribution >= 4 is 28.8 Å². The van der Waals surface area contributed by atoms with Gasteiger partial charge in [-0.25, -0.2) is 0 Å². The molecule has 1 aromatic rings. The van der Waals surface area contributed by atoms with Crippen molar-refractivity contribution in [1.29, 1.82) is 0 Å². The van der Waals surface area contributed by atoms with Crippen LogP contribution in [0.4, 0.5) is 0 Å². The standard InChI is InChI=1S/C11H13N3OS/c1-8(15)10(13-14-11(16)12-2)9-6-4-3-5-7-9/h3-7H,1-2H3,(H2,12,14,16)/b13-10-. The third-order valence-corrected chi connectivity index (χ3v) is 2.17. The summed E-state index contributed by atoms with van der Waals surface area (Å²) in [4.78, 5) is 11.4. The lowest BCUT2D eigenvalue weighted by molar-refractivity contribution is -0.111. The molecule has 0 atom stereocenters. The first-order chi connectivity index (χ1) is 7.65. The minimum Gasteiger partial charge on any atom is -0.364 e. The zero-order valence-corrected chi connectivity index (χ0v) is 9.97. The number of carbonyl (C=O) groups excluding carboxylic acids is 1. The molecule has 16 heavy (non-hydrogen) atoms. The molecule has 0 bridgehead atoms. The fourth-order valence-corrected chi connectivity index (χ4v) is 1.15. The molecule has 0 aromatic heterocycles. The Bertz CT molecular complexity index is 414. The van der Waals surface area contributed by atoms with Gasteiger partial charge in [0.15, 0.2) is 10.9 Å². The first kappa shape index (κ1) is 12.3. The van der Waals surface area contributed by atoms with Crippen LogP contribution in [0.1, 0.15) is 12.5 Å². The number of thiocarbonyl (C=S) groups is 1. The van der Waals surface area contributed by atoms with Gasteiger partial charge in [0.05, 0.1) is 0 Å². The Morgan fingerprint density at radius 2 is 1.94 bits per heavy atom. The maximum Gasteiger partial charge on any atom is 0.186 e. The van der Waals surface area contributed by atoms with Crippen LogP contribution in [0.5, 0.6) is 0 Å². The van der Waals surface area contributed by atoms with Crippen molar-refractivity contribution < 1.29 is 4.79 Å². The summed E-state index contributed by atoms with van der Waals surface area (Å²) in [6, 6.07) is 9.23. The van der Waals surface area contributed by atoms with Crippen LogP contribution in [0.25, 0.3) is 0 Å². The Morgan fingerprint density at radius 3 is 2.44 bits per heavy atom. The highest BCUT2D eigenvalue weighted by atomic mass is 32.1. The third kappa shape index (κ3) is 3.43. The number of hydrogen-bond donors (Lipinski definition) is 2. The van der Waals surface area contributed by atoms with Gasteiger partial charge in [-0.15, -0.1) is 0 Å². The Labute approximate surface area is 99.7 Å². The van der Waals surface area contributed by atoms with E-state index in [0.717, 1.165) is 5.56 Å². The van der Waals surface area contributed by atoms with Crippen molar-refractivity contribution in [2.45, 2.75) is 6.92 Å². The van der Waals surface area contributed by atoms with Gasteiger partial charge in [0.25, 0.3) is 0 Å². The summed E-state index contributed by atoms with van der Waals surface area (Å²) in [6.07, 6.45) is 0. The van der Waals surface area contributed by atoms with Crippen LogP contribution in [0.15, 0.2) is 35.4 Å². The largest absolute Gasteiger partial charge is 0.364 e. The number of benzene rings is 1. The first-order valence-electron chi connectivity index (χ1n) is 4.77. The lowest BCUT2D eigenvalue weighted by Gasteiger charge is -2.05. The fourth-order valence-electron chi connectivity index (χ4n) is 1.11. The van der Waals surface area contributed by atoms with Gasteiger partial charge in [0, 0.05) is 19.5 Å². The van der Waals surface area contributed by atoms with Crippen molar-refractivity contribution in [3.05, 3.63) is 35.9 Å². The summed E-state index contributed by atoms with van der Waals surface area (Å²) in [6.45, 7) is 1.47. The van der Waals surface area contributed by atoms with Crippen LogP contribution in [0.2, 0.25) is 0 Å². The van der Waals surface area contributed by atoms with E-state index in [9.17, 15) is 4.79 Å². The summed E-state index contributed by atoms with van der Waals surface area (Å²) in [7, 11) is 1.68. The molecule has 0 radical (unpaired) electrons. The SMILES string of the molecule is CNC(=S)N/N=C(/C(C)=O)c1ccccc1. The number of ketones is 1. The Balaban J connectivity index is 2.92. The number of hydrazone groups is 1. The molecular weight excluding hydrogens is 222 g/mol. The molecule has 0 heterocycles. The molecule has 0 saturated heterocycles. The summed E-state index contributed by atoms with van der Waals surface area (Å²) >= 11 is 4.87. The van der Waals surface area contributed by atoms with Crippen LogP contribution in [0.3, 0.4) is 0 Å². The van der Waals surface area contributed by atoms with E-state index >= 15 is 0 Å². The highest BCUT2D eigenvalue weighted by molar-refractivity contribution is 7.80. The second kappa shape index (κ2) is 5.97. The molecule has 0 aliphatic rings. The Kier molecular flexibility index (Phi) is 4.60. The second-order valence-corrected chi connectivity index (χ2v) is 3.48. The number of rotatable bonds is 3. The molecule has 1 aromatic carbocycles. The number of nitrogens with zero attached hydrogens (tertiary/aromatic N) is 1. The lowest BCUT2D eigenvalue weighted by Crippen LogP contribution is -2.30. The fraction of sp³-hybridized carbons (Fsp3) is 0.182. The van der Waals surface area contributed by atoms with Crippen molar-refractivity contribution in [2.75, 3.05) is 7.05 Å². The Hall–Kier alpha value is -1.75. The van der Waals surface area contributed by atoms with Gasteiger partial charge in [0.2, 0.25) is 0 Å². The quantitative estimate of drug-likeness (QED) is 0.467. The van der Waals surface area contributed by atoms with Gasteiger partial charge < -0.3 is 5.32 Å². The summed E-state index contributed by atoms with van der Waals surface area (Å²) < 4.78 is 0. The molecule has 0 spiro atoms. The molecule has 2 N–H and O–H groups in total. The average Bonchev–Trinajstić information content (AvgIpc) is 2.30. The van der Waals surface area contributed by atoms with Gasteiger partial charge >= 0.3 is 0 Å². The minimum atomic E-state index is -0.113. The highest BCUT2D eigenvalue weighted by Crippen LogP contribution is 2.01. The Morgan fingerprint density at radius 1 is 1.31 bits per heavy atom. The average molecular weight is 235 g/mol. The number of carbonyl (C=O) groups is 1. The van der Waals surface area contributed by atoms with Gasteiger partial charge in [0.1, 0.15) is 5.71 Å². The molecule has 0 fully saturated rings. The van der Waals surface area contributed by atoms with Crippen molar-refractivity contribution in [1.82, 2.24) is 10.7 Å². The number of hydrogen-bond acceptors (Lipinski definition) is 3. The van der Waals surface area contributed by atoms with Crippen LogP contribution in [0, 0.1) is 0 Å². The van der Waals surface area contributed by atoms with Crippen molar-refractivity contribution in [3.63, 3.8) is 0 Å². The number of Topliss-reactive ketones (excluding diaryl/α,β-unsaturated/α-hetero) is 1. The van der Waals surface area contributed by atoms with Gasteiger partial charge in [-0.2, -0.15) is 5.10 Å². The van der Waals surface area contributed by atoms with E-state index in [1.54, 1.807) is 7.05 Å². The molecule has 0 aliphatic heterocycles. The van der Waals surface area contributed by atoms with E-state index < -0.39 is 0 Å². The van der Waals surface area contributed by atoms with Crippen molar-refractivity contribution in [3.8, 4) is 0 Å². The van der Waals surface area contributed by atoms with Crippen molar-refractivity contribution in [2.24, 2.45) is 5.10 Å². The highest BCUT2D eigenvalue weighted by Gasteiger charge is 2.08.